The van der Waals surface area contributed by atoms with Crippen molar-refractivity contribution in [2.45, 2.75) is 45.2 Å². The van der Waals surface area contributed by atoms with E-state index in [0.29, 0.717) is 19.0 Å². The van der Waals surface area contributed by atoms with Crippen LogP contribution in [0.4, 0.5) is 0 Å². The van der Waals surface area contributed by atoms with Crippen molar-refractivity contribution in [3.63, 3.8) is 0 Å². The highest BCUT2D eigenvalue weighted by atomic mass is 16.2. The van der Waals surface area contributed by atoms with Crippen molar-refractivity contribution in [3.8, 4) is 0 Å². The number of amides is 1. The van der Waals surface area contributed by atoms with Crippen LogP contribution in [0.2, 0.25) is 0 Å². The van der Waals surface area contributed by atoms with Crippen molar-refractivity contribution in [1.82, 2.24) is 15.1 Å². The highest BCUT2D eigenvalue weighted by Gasteiger charge is 2.27. The SMILES string of the molecule is CCCn1cc(CC(CN)C(=O)NC2CC2)cn1. The van der Waals surface area contributed by atoms with Crippen LogP contribution in [0.25, 0.3) is 0 Å². The van der Waals surface area contributed by atoms with Gasteiger partial charge in [0.2, 0.25) is 5.91 Å². The summed E-state index contributed by atoms with van der Waals surface area (Å²) in [5.74, 6) is -0.0480. The van der Waals surface area contributed by atoms with Gasteiger partial charge >= 0.3 is 0 Å². The van der Waals surface area contributed by atoms with Gasteiger partial charge in [-0.25, -0.2) is 0 Å². The second kappa shape index (κ2) is 6.00. The molecule has 0 bridgehead atoms. The molecule has 1 atom stereocenters. The Morgan fingerprint density at radius 2 is 2.44 bits per heavy atom. The molecule has 1 aliphatic rings. The van der Waals surface area contributed by atoms with Crippen LogP contribution in [0, 0.1) is 5.92 Å². The van der Waals surface area contributed by atoms with E-state index in [1.165, 1.54) is 0 Å². The summed E-state index contributed by atoms with van der Waals surface area (Å²) in [6, 6.07) is 0.398. The summed E-state index contributed by atoms with van der Waals surface area (Å²) in [5, 5.41) is 7.28. The molecular weight excluding hydrogens is 228 g/mol. The van der Waals surface area contributed by atoms with Crippen molar-refractivity contribution in [1.29, 1.82) is 0 Å². The molecule has 1 fully saturated rings. The lowest BCUT2D eigenvalue weighted by molar-refractivity contribution is -0.124. The Bertz CT molecular complexity index is 397. The van der Waals surface area contributed by atoms with E-state index in [-0.39, 0.29) is 11.8 Å². The molecule has 1 amide bonds. The Morgan fingerprint density at radius 1 is 1.67 bits per heavy atom. The van der Waals surface area contributed by atoms with E-state index in [4.69, 9.17) is 5.73 Å². The zero-order valence-corrected chi connectivity index (χ0v) is 10.9. The molecule has 2 rings (SSSR count). The fourth-order valence-electron chi connectivity index (χ4n) is 1.98. The number of hydrogen-bond acceptors (Lipinski definition) is 3. The lowest BCUT2D eigenvalue weighted by Crippen LogP contribution is -2.37. The molecule has 1 heterocycles. The molecule has 0 saturated heterocycles. The third-order valence-corrected chi connectivity index (χ3v) is 3.20. The van der Waals surface area contributed by atoms with Crippen molar-refractivity contribution in [2.75, 3.05) is 6.54 Å². The molecule has 3 N–H and O–H groups in total. The van der Waals surface area contributed by atoms with Gasteiger partial charge in [-0.15, -0.1) is 0 Å². The fourth-order valence-corrected chi connectivity index (χ4v) is 1.98. The molecule has 0 radical (unpaired) electrons. The number of rotatable bonds is 7. The number of nitrogens with one attached hydrogen (secondary N) is 1. The first-order chi connectivity index (χ1) is 8.72. The lowest BCUT2D eigenvalue weighted by atomic mass is 10.0. The topological polar surface area (TPSA) is 72.9 Å². The van der Waals surface area contributed by atoms with Crippen LogP contribution >= 0.6 is 0 Å². The van der Waals surface area contributed by atoms with Gasteiger partial charge in [-0.2, -0.15) is 5.10 Å². The highest BCUT2D eigenvalue weighted by Crippen LogP contribution is 2.19. The molecule has 1 saturated carbocycles. The average molecular weight is 250 g/mol. The Labute approximate surface area is 108 Å². The summed E-state index contributed by atoms with van der Waals surface area (Å²) in [6.07, 6.45) is 7.80. The first-order valence-corrected chi connectivity index (χ1v) is 6.74. The molecular formula is C13H22N4O. The maximum atomic E-state index is 11.9. The van der Waals surface area contributed by atoms with E-state index >= 15 is 0 Å². The smallest absolute Gasteiger partial charge is 0.224 e. The molecule has 18 heavy (non-hydrogen) atoms. The lowest BCUT2D eigenvalue weighted by Gasteiger charge is -2.13. The average Bonchev–Trinajstić information content (AvgIpc) is 3.05. The van der Waals surface area contributed by atoms with Crippen LogP contribution in [-0.2, 0) is 17.8 Å². The molecule has 5 nitrogen and oxygen atoms in total. The Hall–Kier alpha value is -1.36. The van der Waals surface area contributed by atoms with Crippen molar-refractivity contribution >= 4 is 5.91 Å². The number of carbonyl (C=O) groups excluding carboxylic acids is 1. The maximum Gasteiger partial charge on any atom is 0.224 e. The first kappa shape index (κ1) is 13.1. The predicted molar refractivity (Wildman–Crippen MR) is 69.9 cm³/mol. The van der Waals surface area contributed by atoms with Gasteiger partial charge in [-0.05, 0) is 31.2 Å². The second-order valence-corrected chi connectivity index (χ2v) is 5.03. The number of nitrogens with zero attached hydrogens (tertiary/aromatic N) is 2. The summed E-state index contributed by atoms with van der Waals surface area (Å²) in [7, 11) is 0. The summed E-state index contributed by atoms with van der Waals surface area (Å²) in [4.78, 5) is 11.9. The van der Waals surface area contributed by atoms with Gasteiger partial charge in [0.25, 0.3) is 0 Å². The Morgan fingerprint density at radius 3 is 3.06 bits per heavy atom. The van der Waals surface area contributed by atoms with Gasteiger partial charge in [0.05, 0.1) is 12.1 Å². The molecule has 100 valence electrons. The Balaban J connectivity index is 1.89. The number of aromatic nitrogens is 2. The van der Waals surface area contributed by atoms with Crippen LogP contribution < -0.4 is 11.1 Å². The second-order valence-electron chi connectivity index (χ2n) is 5.03. The number of nitrogens with two attached hydrogens (primary N) is 1. The molecule has 1 aromatic rings. The van der Waals surface area contributed by atoms with Crippen LogP contribution in [-0.4, -0.2) is 28.3 Å². The van der Waals surface area contributed by atoms with Gasteiger partial charge in [0.15, 0.2) is 0 Å². The van der Waals surface area contributed by atoms with Crippen LogP contribution in [0.3, 0.4) is 0 Å². The minimum Gasteiger partial charge on any atom is -0.353 e. The van der Waals surface area contributed by atoms with Gasteiger partial charge in [0.1, 0.15) is 0 Å². The van der Waals surface area contributed by atoms with Crippen LogP contribution in [0.15, 0.2) is 12.4 Å². The molecule has 0 aliphatic heterocycles. The summed E-state index contributed by atoms with van der Waals surface area (Å²) in [5.41, 5.74) is 6.78. The zero-order chi connectivity index (χ0) is 13.0. The van der Waals surface area contributed by atoms with E-state index in [0.717, 1.165) is 31.4 Å². The molecule has 1 aliphatic carbocycles. The van der Waals surface area contributed by atoms with E-state index in [2.05, 4.69) is 17.3 Å². The summed E-state index contributed by atoms with van der Waals surface area (Å²) >= 11 is 0. The van der Waals surface area contributed by atoms with E-state index in [1.807, 2.05) is 17.1 Å². The first-order valence-electron chi connectivity index (χ1n) is 6.74. The third-order valence-electron chi connectivity index (χ3n) is 3.20. The molecule has 0 aromatic carbocycles. The van der Waals surface area contributed by atoms with E-state index in [9.17, 15) is 4.79 Å². The van der Waals surface area contributed by atoms with Crippen LogP contribution in [0.1, 0.15) is 31.7 Å². The van der Waals surface area contributed by atoms with Crippen molar-refractivity contribution < 1.29 is 4.79 Å². The maximum absolute atomic E-state index is 11.9. The molecule has 1 unspecified atom stereocenters. The third kappa shape index (κ3) is 3.57. The quantitative estimate of drug-likeness (QED) is 0.747. The normalized spacial score (nSPS) is 16.6. The molecule has 1 aromatic heterocycles. The monoisotopic (exact) mass is 250 g/mol. The number of hydrogen-bond donors (Lipinski definition) is 2. The largest absolute Gasteiger partial charge is 0.353 e. The minimum atomic E-state index is -0.134. The van der Waals surface area contributed by atoms with Crippen molar-refractivity contribution in [2.24, 2.45) is 11.7 Å². The summed E-state index contributed by atoms with van der Waals surface area (Å²) in [6.45, 7) is 3.42. The summed E-state index contributed by atoms with van der Waals surface area (Å²) < 4.78 is 1.92. The zero-order valence-electron chi connectivity index (χ0n) is 10.9. The Kier molecular flexibility index (Phi) is 4.36. The van der Waals surface area contributed by atoms with E-state index in [1.54, 1.807) is 0 Å². The van der Waals surface area contributed by atoms with Crippen molar-refractivity contribution in [3.05, 3.63) is 18.0 Å². The van der Waals surface area contributed by atoms with E-state index < -0.39 is 0 Å². The van der Waals surface area contributed by atoms with Gasteiger partial charge < -0.3 is 11.1 Å². The number of aryl methyl sites for hydroxylation is 1. The van der Waals surface area contributed by atoms with Gasteiger partial charge in [0, 0.05) is 25.3 Å². The van der Waals surface area contributed by atoms with Gasteiger partial charge in [-0.1, -0.05) is 6.92 Å². The highest BCUT2D eigenvalue weighted by molar-refractivity contribution is 5.79. The molecule has 5 heteroatoms. The number of carbonyl (C=O) groups is 1. The predicted octanol–water partition coefficient (Wildman–Crippen LogP) is 0.689. The molecule has 0 spiro atoms. The van der Waals surface area contributed by atoms with Gasteiger partial charge in [-0.3, -0.25) is 9.48 Å². The fraction of sp³-hybridized carbons (Fsp3) is 0.692. The minimum absolute atomic E-state index is 0.0863. The van der Waals surface area contributed by atoms with Crippen LogP contribution in [0.5, 0.6) is 0 Å². The standard InChI is InChI=1S/C13H22N4O/c1-2-5-17-9-10(8-15-17)6-11(7-14)13(18)16-12-3-4-12/h8-9,11-12H,2-7,14H2,1H3,(H,16,18).